The summed E-state index contributed by atoms with van der Waals surface area (Å²) in [6.07, 6.45) is 5.08. The lowest BCUT2D eigenvalue weighted by Gasteiger charge is -2.34. The second kappa shape index (κ2) is 11.7. The van der Waals surface area contributed by atoms with Gasteiger partial charge in [-0.15, -0.1) is 24.0 Å². The minimum atomic E-state index is -0.108. The third-order valence-corrected chi connectivity index (χ3v) is 4.81. The summed E-state index contributed by atoms with van der Waals surface area (Å²) in [7, 11) is 1.78. The highest BCUT2D eigenvalue weighted by atomic mass is 127. The predicted molar refractivity (Wildman–Crippen MR) is 122 cm³/mol. The number of aromatic nitrogens is 3. The van der Waals surface area contributed by atoms with E-state index >= 15 is 0 Å². The predicted octanol–water partition coefficient (Wildman–Crippen LogP) is 2.29. The first-order valence-electron chi connectivity index (χ1n) is 9.72. The molecule has 1 aromatic heterocycles. The maximum absolute atomic E-state index is 12.1. The molecule has 0 unspecified atom stereocenters. The summed E-state index contributed by atoms with van der Waals surface area (Å²) in [6.45, 7) is 5.16. The second-order valence-corrected chi connectivity index (χ2v) is 6.85. The van der Waals surface area contributed by atoms with Crippen LogP contribution in [0.4, 0.5) is 0 Å². The van der Waals surface area contributed by atoms with Crippen molar-refractivity contribution in [2.45, 2.75) is 32.9 Å². The number of halogens is 1. The Bertz CT molecular complexity index is 796. The van der Waals surface area contributed by atoms with Gasteiger partial charge in [-0.2, -0.15) is 5.10 Å². The minimum absolute atomic E-state index is 0. The molecule has 1 aliphatic heterocycles. The number of benzene rings is 1. The molecule has 1 atom stereocenters. The van der Waals surface area contributed by atoms with Gasteiger partial charge in [0, 0.05) is 26.7 Å². The molecule has 0 spiro atoms. The number of carbonyl (C=O) groups excluding carboxylic acids is 1. The highest BCUT2D eigenvalue weighted by molar-refractivity contribution is 14.0. The Morgan fingerprint density at radius 1 is 1.38 bits per heavy atom. The van der Waals surface area contributed by atoms with Crippen LogP contribution in [0.3, 0.4) is 0 Å². The number of piperidine rings is 1. The third-order valence-electron chi connectivity index (χ3n) is 4.81. The Kier molecular flexibility index (Phi) is 9.36. The van der Waals surface area contributed by atoms with Gasteiger partial charge < -0.3 is 15.0 Å². The number of ether oxygens (including phenoxy) is 1. The summed E-state index contributed by atoms with van der Waals surface area (Å²) in [5.74, 6) is 0.623. The maximum atomic E-state index is 12.1. The Balaban J connectivity index is 0.00000300. The van der Waals surface area contributed by atoms with Crippen LogP contribution in [-0.2, 0) is 22.6 Å². The molecule has 158 valence electrons. The molecule has 1 aliphatic rings. The summed E-state index contributed by atoms with van der Waals surface area (Å²) in [5, 5.41) is 7.57. The zero-order valence-electron chi connectivity index (χ0n) is 17.0. The van der Waals surface area contributed by atoms with Crippen molar-refractivity contribution in [3.63, 3.8) is 0 Å². The second-order valence-electron chi connectivity index (χ2n) is 6.85. The summed E-state index contributed by atoms with van der Waals surface area (Å²) in [4.78, 5) is 22.6. The molecular weight excluding hydrogens is 483 g/mol. The van der Waals surface area contributed by atoms with Gasteiger partial charge in [0.15, 0.2) is 5.96 Å². The van der Waals surface area contributed by atoms with E-state index < -0.39 is 0 Å². The molecule has 0 radical (unpaired) electrons. The summed E-state index contributed by atoms with van der Waals surface area (Å²) < 4.78 is 6.99. The van der Waals surface area contributed by atoms with Crippen LogP contribution in [0, 0.1) is 5.92 Å². The van der Waals surface area contributed by atoms with E-state index in [1.165, 1.54) is 11.9 Å². The number of hydrogen-bond donors (Lipinski definition) is 1. The molecule has 1 fully saturated rings. The fraction of sp³-hybridized carbons (Fsp3) is 0.500. The van der Waals surface area contributed by atoms with Gasteiger partial charge in [0.1, 0.15) is 12.7 Å². The highest BCUT2D eigenvalue weighted by Crippen LogP contribution is 2.18. The first-order chi connectivity index (χ1) is 13.7. The monoisotopic (exact) mass is 512 g/mol. The molecule has 0 saturated carbocycles. The molecule has 1 N–H and O–H groups in total. The number of likely N-dealkylation sites (tertiary alicyclic amines) is 1. The average molecular weight is 512 g/mol. The van der Waals surface area contributed by atoms with Crippen molar-refractivity contribution in [3.05, 3.63) is 48.0 Å². The molecular formula is C20H29IN6O2. The fourth-order valence-electron chi connectivity index (χ4n) is 3.47. The zero-order chi connectivity index (χ0) is 19.8. The normalized spacial score (nSPS) is 16.8. The van der Waals surface area contributed by atoms with Crippen molar-refractivity contribution in [3.8, 4) is 0 Å². The first kappa shape index (κ1) is 23.1. The van der Waals surface area contributed by atoms with E-state index in [2.05, 4.69) is 43.5 Å². The van der Waals surface area contributed by atoms with Crippen LogP contribution >= 0.6 is 24.0 Å². The Hall–Kier alpha value is -2.17. The molecule has 1 aromatic carbocycles. The number of nitrogens with one attached hydrogen (secondary N) is 1. The Morgan fingerprint density at radius 3 is 2.93 bits per heavy atom. The van der Waals surface area contributed by atoms with E-state index in [9.17, 15) is 4.79 Å². The fourth-order valence-corrected chi connectivity index (χ4v) is 3.47. The van der Waals surface area contributed by atoms with Gasteiger partial charge in [-0.1, -0.05) is 24.3 Å². The van der Waals surface area contributed by atoms with Gasteiger partial charge >= 0.3 is 5.97 Å². The van der Waals surface area contributed by atoms with E-state index in [-0.39, 0.29) is 35.9 Å². The van der Waals surface area contributed by atoms with Crippen LogP contribution in [0.5, 0.6) is 0 Å². The first-order valence-corrected chi connectivity index (χ1v) is 9.72. The number of esters is 1. The van der Waals surface area contributed by atoms with E-state index in [0.717, 1.165) is 30.9 Å². The number of hydrogen-bond acceptors (Lipinski definition) is 5. The van der Waals surface area contributed by atoms with Crippen LogP contribution < -0.4 is 5.32 Å². The average Bonchev–Trinajstić information content (AvgIpc) is 3.22. The molecule has 0 aliphatic carbocycles. The number of guanidine groups is 1. The van der Waals surface area contributed by atoms with Crippen molar-refractivity contribution >= 4 is 35.9 Å². The van der Waals surface area contributed by atoms with Gasteiger partial charge in [0.2, 0.25) is 0 Å². The number of rotatable bonds is 6. The number of nitrogens with zero attached hydrogens (tertiary/aromatic N) is 5. The quantitative estimate of drug-likeness (QED) is 0.277. The number of aliphatic imine (C=N–C) groups is 1. The topological polar surface area (TPSA) is 84.6 Å². The van der Waals surface area contributed by atoms with Gasteiger partial charge in [0.05, 0.1) is 19.1 Å². The largest absolute Gasteiger partial charge is 0.466 e. The molecule has 3 rings (SSSR count). The standard InChI is InChI=1S/C20H28N6O2.HI/c1-3-28-19(27)18-8-5-9-25(13-18)20(21-2)23-11-16-6-4-7-17(10-16)12-26-15-22-14-24-26;/h4,6-7,10,14-15,18H,3,5,8-9,11-13H2,1-2H3,(H,21,23);1H/t18-;/m0./s1. The molecule has 0 bridgehead atoms. The summed E-state index contributed by atoms with van der Waals surface area (Å²) >= 11 is 0. The van der Waals surface area contributed by atoms with Crippen LogP contribution in [0.15, 0.2) is 41.9 Å². The molecule has 29 heavy (non-hydrogen) atoms. The van der Waals surface area contributed by atoms with E-state index in [4.69, 9.17) is 4.74 Å². The molecule has 8 nitrogen and oxygen atoms in total. The lowest BCUT2D eigenvalue weighted by atomic mass is 9.98. The highest BCUT2D eigenvalue weighted by Gasteiger charge is 2.28. The lowest BCUT2D eigenvalue weighted by molar-refractivity contribution is -0.149. The lowest BCUT2D eigenvalue weighted by Crippen LogP contribution is -2.48. The Labute approximate surface area is 188 Å². The number of carbonyl (C=O) groups is 1. The van der Waals surface area contributed by atoms with E-state index in [1.54, 1.807) is 18.1 Å². The van der Waals surface area contributed by atoms with Crippen LogP contribution in [0.25, 0.3) is 0 Å². The summed E-state index contributed by atoms with van der Waals surface area (Å²) in [6, 6.07) is 8.36. The van der Waals surface area contributed by atoms with Gasteiger partial charge in [-0.3, -0.25) is 9.79 Å². The minimum Gasteiger partial charge on any atom is -0.466 e. The molecule has 2 aromatic rings. The van der Waals surface area contributed by atoms with Gasteiger partial charge in [0.25, 0.3) is 0 Å². The van der Waals surface area contributed by atoms with Crippen molar-refractivity contribution in [1.82, 2.24) is 25.0 Å². The van der Waals surface area contributed by atoms with Crippen LogP contribution in [0.1, 0.15) is 30.9 Å². The van der Waals surface area contributed by atoms with Gasteiger partial charge in [-0.25, -0.2) is 9.67 Å². The van der Waals surface area contributed by atoms with Crippen molar-refractivity contribution < 1.29 is 9.53 Å². The van der Waals surface area contributed by atoms with E-state index in [1.807, 2.05) is 13.0 Å². The van der Waals surface area contributed by atoms with Crippen LogP contribution in [-0.4, -0.2) is 58.3 Å². The SMILES string of the molecule is CCOC(=O)[C@H]1CCCN(C(=NC)NCc2cccc(Cn3cncn3)c2)C1.I. The van der Waals surface area contributed by atoms with Crippen LogP contribution in [0.2, 0.25) is 0 Å². The Morgan fingerprint density at radius 2 is 2.21 bits per heavy atom. The molecule has 9 heteroatoms. The maximum Gasteiger partial charge on any atom is 0.310 e. The smallest absolute Gasteiger partial charge is 0.310 e. The molecule has 0 amide bonds. The molecule has 2 heterocycles. The third kappa shape index (κ3) is 6.69. The van der Waals surface area contributed by atoms with E-state index in [0.29, 0.717) is 26.2 Å². The zero-order valence-corrected chi connectivity index (χ0v) is 19.3. The molecule has 1 saturated heterocycles. The van der Waals surface area contributed by atoms with Gasteiger partial charge in [-0.05, 0) is 30.9 Å². The summed E-state index contributed by atoms with van der Waals surface area (Å²) in [5.41, 5.74) is 2.33. The van der Waals surface area contributed by atoms with Crippen molar-refractivity contribution in [1.29, 1.82) is 0 Å². The van der Waals surface area contributed by atoms with Crippen molar-refractivity contribution in [2.75, 3.05) is 26.7 Å². The van der Waals surface area contributed by atoms with Crippen molar-refractivity contribution in [2.24, 2.45) is 10.9 Å².